The number of para-hydroxylation sites is 4. The number of nitrogens with one attached hydrogen (secondary N) is 2. The fourth-order valence-corrected chi connectivity index (χ4v) is 7.26. The molecule has 2 N–H and O–H groups in total. The highest BCUT2D eigenvalue weighted by Gasteiger charge is 2.48. The van der Waals surface area contributed by atoms with Crippen LogP contribution in [0.1, 0.15) is 34.1 Å². The number of hydrogen-bond acceptors (Lipinski definition) is 7. The maximum Gasteiger partial charge on any atom is 0.237 e. The lowest BCUT2D eigenvalue weighted by Gasteiger charge is -2.21. The van der Waals surface area contributed by atoms with Crippen LogP contribution >= 0.6 is 0 Å². The fourth-order valence-electron chi connectivity index (χ4n) is 7.26. The number of hydrogen-bond donors (Lipinski definition) is 2. The summed E-state index contributed by atoms with van der Waals surface area (Å²) in [5, 5.41) is 16.2. The lowest BCUT2D eigenvalue weighted by Crippen LogP contribution is -2.39. The van der Waals surface area contributed by atoms with Crippen molar-refractivity contribution in [2.24, 2.45) is 10.3 Å². The van der Waals surface area contributed by atoms with Gasteiger partial charge in [0.2, 0.25) is 11.8 Å². The summed E-state index contributed by atoms with van der Waals surface area (Å²) >= 11 is 0. The number of nitrogens with zero attached hydrogens (tertiary/aromatic N) is 4. The van der Waals surface area contributed by atoms with Gasteiger partial charge in [0.05, 0.1) is 37.0 Å². The highest BCUT2D eigenvalue weighted by molar-refractivity contribution is 6.20. The Hall–Kier alpha value is -6.32. The molecule has 0 saturated carbocycles. The molecule has 0 bridgehead atoms. The van der Waals surface area contributed by atoms with Crippen molar-refractivity contribution in [3.8, 4) is 24.7 Å². The van der Waals surface area contributed by atoms with E-state index in [1.165, 1.54) is 0 Å². The third-order valence-corrected chi connectivity index (χ3v) is 9.25. The first-order valence-corrected chi connectivity index (χ1v) is 15.3. The molecule has 4 aromatic carbocycles. The average Bonchev–Trinajstić information content (AvgIpc) is 3.80. The van der Waals surface area contributed by atoms with E-state index in [1.54, 1.807) is 9.80 Å². The summed E-state index contributed by atoms with van der Waals surface area (Å²) in [4.78, 5) is 36.9. The Labute approximate surface area is 271 Å². The van der Waals surface area contributed by atoms with Gasteiger partial charge in [-0.05, 0) is 35.4 Å². The molecule has 4 atom stereocenters. The molecule has 0 fully saturated rings. The van der Waals surface area contributed by atoms with E-state index < -0.39 is 23.9 Å². The highest BCUT2D eigenvalue weighted by Crippen LogP contribution is 2.45. The van der Waals surface area contributed by atoms with E-state index in [0.717, 1.165) is 45.0 Å². The molecule has 9 nitrogen and oxygen atoms in total. The van der Waals surface area contributed by atoms with Gasteiger partial charge in [-0.25, -0.2) is 4.94 Å². The maximum absolute atomic E-state index is 13.9. The number of anilines is 4. The molecule has 4 aliphatic heterocycles. The van der Waals surface area contributed by atoms with Crippen LogP contribution < -0.4 is 20.4 Å². The van der Waals surface area contributed by atoms with Gasteiger partial charge >= 0.3 is 0 Å². The van der Waals surface area contributed by atoms with Gasteiger partial charge in [0.1, 0.15) is 11.4 Å². The molecule has 4 aromatic rings. The second kappa shape index (κ2) is 11.2. The summed E-state index contributed by atoms with van der Waals surface area (Å²) in [5.74, 6) is 3.82. The van der Waals surface area contributed by atoms with Gasteiger partial charge in [-0.15, -0.1) is 12.8 Å². The van der Waals surface area contributed by atoms with E-state index in [2.05, 4.69) is 32.8 Å². The Bertz CT molecular complexity index is 1960. The molecule has 4 aliphatic rings. The van der Waals surface area contributed by atoms with Gasteiger partial charge in [0.15, 0.2) is 0 Å². The smallest absolute Gasteiger partial charge is 0.237 e. The van der Waals surface area contributed by atoms with Crippen molar-refractivity contribution < 1.29 is 14.5 Å². The van der Waals surface area contributed by atoms with Crippen molar-refractivity contribution in [2.45, 2.75) is 23.9 Å². The molecule has 0 aliphatic carbocycles. The van der Waals surface area contributed by atoms with E-state index in [9.17, 15) is 9.59 Å². The zero-order chi connectivity index (χ0) is 32.1. The van der Waals surface area contributed by atoms with Gasteiger partial charge in [0.25, 0.3) is 0 Å². The van der Waals surface area contributed by atoms with Crippen LogP contribution in [-0.4, -0.2) is 48.4 Å². The van der Waals surface area contributed by atoms with Crippen molar-refractivity contribution in [1.82, 2.24) is 0 Å². The van der Waals surface area contributed by atoms with Crippen LogP contribution in [0.25, 0.3) is 0 Å². The zero-order valence-electron chi connectivity index (χ0n) is 25.1. The van der Waals surface area contributed by atoms with Crippen LogP contribution in [0.4, 0.5) is 22.7 Å². The summed E-state index contributed by atoms with van der Waals surface area (Å²) in [7, 11) is 0. The van der Waals surface area contributed by atoms with Crippen LogP contribution in [0.2, 0.25) is 0 Å². The molecule has 0 radical (unpaired) electrons. The Morgan fingerprint density at radius 2 is 1.02 bits per heavy atom. The van der Waals surface area contributed by atoms with Gasteiger partial charge in [-0.3, -0.25) is 19.4 Å². The quantitative estimate of drug-likeness (QED) is 0.237. The van der Waals surface area contributed by atoms with Crippen LogP contribution in [0.5, 0.6) is 0 Å². The van der Waals surface area contributed by atoms with Gasteiger partial charge in [-0.2, -0.15) is 0 Å². The Kier molecular flexibility index (Phi) is 6.74. The van der Waals surface area contributed by atoms with Gasteiger partial charge < -0.3 is 10.6 Å². The van der Waals surface area contributed by atoms with Crippen molar-refractivity contribution >= 4 is 46.0 Å². The number of carbonyl (C=O) groups is 2. The number of rotatable bonds is 6. The molecule has 2 amide bonds. The van der Waals surface area contributed by atoms with Gasteiger partial charge in [-0.1, -0.05) is 94.9 Å². The Morgan fingerprint density at radius 1 is 0.617 bits per heavy atom. The van der Waals surface area contributed by atoms with Crippen LogP contribution in [0.15, 0.2) is 107 Å². The average molecular weight is 617 g/mol. The first-order chi connectivity index (χ1) is 23.1. The number of amides is 2. The minimum Gasteiger partial charge on any atom is -0.375 e. The summed E-state index contributed by atoms with van der Waals surface area (Å²) in [6, 6.07) is 29.7. The van der Waals surface area contributed by atoms with E-state index in [-0.39, 0.29) is 24.9 Å². The standard InChI is InChI=1S/C38H28N6O3/c1-3-21-43-29-19-11-7-15-25(29)31(37(43)45)35-33(23-13-5-9-17-27(23)39-35)41-47-42-34-24-14-6-10-18-28(24)40-36(34)32-26-16-8-12-20-30(26)44(22-4-2)38(32)46/h1-2,5-20,31-32,35-36,39-40H,21-22H2. The van der Waals surface area contributed by atoms with E-state index in [4.69, 9.17) is 17.8 Å². The van der Waals surface area contributed by atoms with Crippen LogP contribution in [-0.2, 0) is 14.5 Å². The predicted molar refractivity (Wildman–Crippen MR) is 183 cm³/mol. The Balaban J connectivity index is 1.18. The molecular formula is C38H28N6O3. The lowest BCUT2D eigenvalue weighted by atomic mass is 9.89. The van der Waals surface area contributed by atoms with Crippen molar-refractivity contribution in [3.63, 3.8) is 0 Å². The topological polar surface area (TPSA) is 98.6 Å². The van der Waals surface area contributed by atoms with Gasteiger partial charge in [0, 0.05) is 33.9 Å². The van der Waals surface area contributed by atoms with Crippen molar-refractivity contribution in [2.75, 3.05) is 33.5 Å². The van der Waals surface area contributed by atoms with Crippen LogP contribution in [0, 0.1) is 24.7 Å². The second-order valence-corrected chi connectivity index (χ2v) is 11.7. The zero-order valence-corrected chi connectivity index (χ0v) is 25.1. The summed E-state index contributed by atoms with van der Waals surface area (Å²) in [6.07, 6.45) is 11.3. The van der Waals surface area contributed by atoms with E-state index in [0.29, 0.717) is 11.4 Å². The number of carbonyl (C=O) groups excluding carboxylic acids is 2. The number of fused-ring (bicyclic) bond motifs is 4. The SMILES string of the molecule is C#CCN1C(=O)C(C2Nc3ccccc3C2=NON=C2c3ccccc3NC2C2C(=O)N(CC#C)c3ccccc32)c2ccccc21. The first-order valence-electron chi connectivity index (χ1n) is 15.3. The maximum atomic E-state index is 13.9. The Morgan fingerprint density at radius 3 is 1.47 bits per heavy atom. The summed E-state index contributed by atoms with van der Waals surface area (Å²) in [6.45, 7) is 0.330. The molecule has 228 valence electrons. The molecule has 0 aromatic heterocycles. The molecule has 0 spiro atoms. The number of terminal acetylenes is 2. The molecule has 8 rings (SSSR count). The third kappa shape index (κ3) is 4.36. The van der Waals surface area contributed by atoms with Crippen molar-refractivity contribution in [1.29, 1.82) is 0 Å². The molecule has 47 heavy (non-hydrogen) atoms. The van der Waals surface area contributed by atoms with E-state index >= 15 is 0 Å². The minimum atomic E-state index is -0.585. The largest absolute Gasteiger partial charge is 0.375 e. The molecule has 0 saturated heterocycles. The second-order valence-electron chi connectivity index (χ2n) is 11.7. The summed E-state index contributed by atoms with van der Waals surface area (Å²) in [5.41, 5.74) is 7.67. The first kappa shape index (κ1) is 28.2. The molecular weight excluding hydrogens is 588 g/mol. The minimum absolute atomic E-state index is 0.114. The third-order valence-electron chi connectivity index (χ3n) is 9.25. The number of benzene rings is 4. The normalized spacial score (nSPS) is 23.4. The number of oxime groups is 2. The summed E-state index contributed by atoms with van der Waals surface area (Å²) < 4.78 is 0. The molecule has 4 unspecified atom stereocenters. The molecule has 4 heterocycles. The highest BCUT2D eigenvalue weighted by atomic mass is 16.8. The predicted octanol–water partition coefficient (Wildman–Crippen LogP) is 4.93. The molecule has 9 heteroatoms. The van der Waals surface area contributed by atoms with Crippen LogP contribution in [0.3, 0.4) is 0 Å². The van der Waals surface area contributed by atoms with Crippen molar-refractivity contribution in [3.05, 3.63) is 119 Å². The lowest BCUT2D eigenvalue weighted by molar-refractivity contribution is -0.119. The fraction of sp³-hybridized carbons (Fsp3) is 0.158. The monoisotopic (exact) mass is 616 g/mol. The van der Waals surface area contributed by atoms with E-state index in [1.807, 2.05) is 97.1 Å².